The van der Waals surface area contributed by atoms with E-state index in [1.807, 2.05) is 0 Å². The molecule has 0 aliphatic carbocycles. The van der Waals surface area contributed by atoms with E-state index in [2.05, 4.69) is 5.10 Å². The standard InChI is InChI=1S/C12H14FN3O/c1-16-6-5-10(15-16)12(14)9-7-8(13)3-4-11(9)17-2/h3-7,12H,14H2,1-2H3. The second-order valence-electron chi connectivity index (χ2n) is 3.78. The average molecular weight is 235 g/mol. The Balaban J connectivity index is 2.42. The fourth-order valence-corrected chi connectivity index (χ4v) is 1.71. The van der Waals surface area contributed by atoms with Crippen molar-refractivity contribution in [3.8, 4) is 5.75 Å². The molecule has 0 bridgehead atoms. The van der Waals surface area contributed by atoms with Gasteiger partial charge in [-0.3, -0.25) is 4.68 Å². The van der Waals surface area contributed by atoms with Crippen LogP contribution in [0.4, 0.5) is 4.39 Å². The summed E-state index contributed by atoms with van der Waals surface area (Å²) in [7, 11) is 3.33. The van der Waals surface area contributed by atoms with Crippen LogP contribution in [0.3, 0.4) is 0 Å². The van der Waals surface area contributed by atoms with Gasteiger partial charge in [0.15, 0.2) is 0 Å². The Morgan fingerprint density at radius 2 is 2.18 bits per heavy atom. The summed E-state index contributed by atoms with van der Waals surface area (Å²) < 4.78 is 20.1. The van der Waals surface area contributed by atoms with E-state index in [1.165, 1.54) is 19.2 Å². The second kappa shape index (κ2) is 4.55. The van der Waals surface area contributed by atoms with Gasteiger partial charge in [0.2, 0.25) is 0 Å². The molecule has 0 spiro atoms. The number of rotatable bonds is 3. The molecule has 2 rings (SSSR count). The molecule has 5 heteroatoms. The summed E-state index contributed by atoms with van der Waals surface area (Å²) in [5.41, 5.74) is 7.32. The molecule has 0 aliphatic heterocycles. The maximum absolute atomic E-state index is 13.2. The van der Waals surface area contributed by atoms with Gasteiger partial charge in [-0.05, 0) is 24.3 Å². The first-order valence-electron chi connectivity index (χ1n) is 5.20. The van der Waals surface area contributed by atoms with E-state index >= 15 is 0 Å². The third-order valence-electron chi connectivity index (χ3n) is 2.58. The largest absolute Gasteiger partial charge is 0.496 e. The van der Waals surface area contributed by atoms with E-state index in [9.17, 15) is 4.39 Å². The lowest BCUT2D eigenvalue weighted by atomic mass is 10.0. The van der Waals surface area contributed by atoms with Gasteiger partial charge in [-0.1, -0.05) is 0 Å². The summed E-state index contributed by atoms with van der Waals surface area (Å²) in [6, 6.07) is 5.58. The van der Waals surface area contributed by atoms with E-state index in [1.54, 1.807) is 30.1 Å². The SMILES string of the molecule is COc1ccc(F)cc1C(N)c1ccn(C)n1. The van der Waals surface area contributed by atoms with Gasteiger partial charge < -0.3 is 10.5 Å². The quantitative estimate of drug-likeness (QED) is 0.879. The summed E-state index contributed by atoms with van der Waals surface area (Å²) in [6.07, 6.45) is 1.79. The van der Waals surface area contributed by atoms with Crippen molar-refractivity contribution in [2.24, 2.45) is 12.8 Å². The monoisotopic (exact) mass is 235 g/mol. The Bertz CT molecular complexity index is 524. The number of nitrogens with two attached hydrogens (primary N) is 1. The van der Waals surface area contributed by atoms with Gasteiger partial charge in [-0.2, -0.15) is 5.10 Å². The van der Waals surface area contributed by atoms with Gasteiger partial charge in [0.1, 0.15) is 11.6 Å². The summed E-state index contributed by atoms with van der Waals surface area (Å²) in [4.78, 5) is 0. The Hall–Kier alpha value is -1.88. The number of hydrogen-bond donors (Lipinski definition) is 1. The lowest BCUT2D eigenvalue weighted by molar-refractivity contribution is 0.406. The van der Waals surface area contributed by atoms with Gasteiger partial charge in [0.25, 0.3) is 0 Å². The number of aryl methyl sites for hydroxylation is 1. The van der Waals surface area contributed by atoms with Gasteiger partial charge in [-0.25, -0.2) is 4.39 Å². The highest BCUT2D eigenvalue weighted by atomic mass is 19.1. The normalized spacial score (nSPS) is 12.5. The van der Waals surface area contributed by atoms with Crippen molar-refractivity contribution in [3.63, 3.8) is 0 Å². The van der Waals surface area contributed by atoms with Gasteiger partial charge in [0, 0.05) is 18.8 Å². The number of aromatic nitrogens is 2. The zero-order chi connectivity index (χ0) is 12.4. The lowest BCUT2D eigenvalue weighted by Crippen LogP contribution is -2.14. The zero-order valence-electron chi connectivity index (χ0n) is 9.72. The Morgan fingerprint density at radius 1 is 1.41 bits per heavy atom. The summed E-state index contributed by atoms with van der Waals surface area (Å²) in [6.45, 7) is 0. The zero-order valence-corrected chi connectivity index (χ0v) is 9.72. The molecule has 0 saturated heterocycles. The van der Waals surface area contributed by atoms with E-state index in [0.29, 0.717) is 17.0 Å². The van der Waals surface area contributed by atoms with Crippen LogP contribution >= 0.6 is 0 Å². The molecular formula is C12H14FN3O. The van der Waals surface area contributed by atoms with E-state index in [0.717, 1.165) is 0 Å². The number of hydrogen-bond acceptors (Lipinski definition) is 3. The van der Waals surface area contributed by atoms with Crippen molar-refractivity contribution in [2.45, 2.75) is 6.04 Å². The molecule has 1 aromatic heterocycles. The molecule has 0 radical (unpaired) electrons. The molecule has 0 fully saturated rings. The molecule has 2 N–H and O–H groups in total. The van der Waals surface area contributed by atoms with Crippen LogP contribution in [0.2, 0.25) is 0 Å². The van der Waals surface area contributed by atoms with Crippen LogP contribution in [0, 0.1) is 5.82 Å². The average Bonchev–Trinajstić information content (AvgIpc) is 2.75. The smallest absolute Gasteiger partial charge is 0.124 e. The van der Waals surface area contributed by atoms with E-state index in [-0.39, 0.29) is 5.82 Å². The van der Waals surface area contributed by atoms with Crippen LogP contribution < -0.4 is 10.5 Å². The molecule has 1 aromatic carbocycles. The Kier molecular flexibility index (Phi) is 3.10. The van der Waals surface area contributed by atoms with Crippen LogP contribution in [-0.2, 0) is 7.05 Å². The predicted octanol–water partition coefficient (Wildman–Crippen LogP) is 1.62. The highest BCUT2D eigenvalue weighted by Crippen LogP contribution is 2.28. The third kappa shape index (κ3) is 2.29. The van der Waals surface area contributed by atoms with Crippen LogP contribution in [0.1, 0.15) is 17.3 Å². The molecule has 2 aromatic rings. The number of ether oxygens (including phenoxy) is 1. The molecule has 1 atom stereocenters. The number of methoxy groups -OCH3 is 1. The van der Waals surface area contributed by atoms with Gasteiger partial charge in [0.05, 0.1) is 18.8 Å². The maximum Gasteiger partial charge on any atom is 0.124 e. The summed E-state index contributed by atoms with van der Waals surface area (Å²) in [5, 5.41) is 4.21. The van der Waals surface area contributed by atoms with Crippen LogP contribution in [-0.4, -0.2) is 16.9 Å². The highest BCUT2D eigenvalue weighted by molar-refractivity contribution is 5.39. The van der Waals surface area contributed by atoms with Gasteiger partial charge in [-0.15, -0.1) is 0 Å². The summed E-state index contributed by atoms with van der Waals surface area (Å²) in [5.74, 6) is 0.219. The number of halogens is 1. The minimum Gasteiger partial charge on any atom is -0.496 e. The Labute approximate surface area is 98.8 Å². The van der Waals surface area contributed by atoms with E-state index in [4.69, 9.17) is 10.5 Å². The van der Waals surface area contributed by atoms with Crippen molar-refractivity contribution in [2.75, 3.05) is 7.11 Å². The molecule has 17 heavy (non-hydrogen) atoms. The van der Waals surface area contributed by atoms with Crippen molar-refractivity contribution in [1.82, 2.24) is 9.78 Å². The lowest BCUT2D eigenvalue weighted by Gasteiger charge is -2.13. The molecule has 1 unspecified atom stereocenters. The van der Waals surface area contributed by atoms with E-state index < -0.39 is 6.04 Å². The van der Waals surface area contributed by atoms with Crippen molar-refractivity contribution in [1.29, 1.82) is 0 Å². The molecule has 4 nitrogen and oxygen atoms in total. The molecular weight excluding hydrogens is 221 g/mol. The Morgan fingerprint density at radius 3 is 2.76 bits per heavy atom. The highest BCUT2D eigenvalue weighted by Gasteiger charge is 2.17. The number of benzene rings is 1. The maximum atomic E-state index is 13.2. The fraction of sp³-hybridized carbons (Fsp3) is 0.250. The molecule has 0 saturated carbocycles. The number of nitrogens with zero attached hydrogens (tertiary/aromatic N) is 2. The second-order valence-corrected chi connectivity index (χ2v) is 3.78. The molecule has 0 amide bonds. The van der Waals surface area contributed by atoms with Crippen LogP contribution in [0.25, 0.3) is 0 Å². The summed E-state index contributed by atoms with van der Waals surface area (Å²) >= 11 is 0. The first-order valence-corrected chi connectivity index (χ1v) is 5.20. The minimum absolute atomic E-state index is 0.341. The molecule has 1 heterocycles. The third-order valence-corrected chi connectivity index (χ3v) is 2.58. The first kappa shape index (κ1) is 11.6. The topological polar surface area (TPSA) is 53.1 Å². The van der Waals surface area contributed by atoms with Crippen molar-refractivity contribution >= 4 is 0 Å². The predicted molar refractivity (Wildman–Crippen MR) is 62.2 cm³/mol. The van der Waals surface area contributed by atoms with Crippen molar-refractivity contribution < 1.29 is 9.13 Å². The fourth-order valence-electron chi connectivity index (χ4n) is 1.71. The van der Waals surface area contributed by atoms with Crippen molar-refractivity contribution in [3.05, 3.63) is 47.5 Å². The first-order chi connectivity index (χ1) is 8.11. The van der Waals surface area contributed by atoms with Gasteiger partial charge >= 0.3 is 0 Å². The molecule has 0 aliphatic rings. The van der Waals surface area contributed by atoms with Crippen LogP contribution in [0.15, 0.2) is 30.5 Å². The molecule has 90 valence electrons. The van der Waals surface area contributed by atoms with Crippen LogP contribution in [0.5, 0.6) is 5.75 Å². The minimum atomic E-state index is -0.498.